The molecule has 0 unspecified atom stereocenters. The second-order valence-electron chi connectivity index (χ2n) is 3.16. The SMILES string of the molecule is O=C(Nc1ccc(-n2nccn2)cc1)C(F)F. The number of nitrogens with one attached hydrogen (secondary N) is 1. The third-order valence-electron chi connectivity index (χ3n) is 1.98. The Labute approximate surface area is 95.1 Å². The van der Waals surface area contributed by atoms with Crippen LogP contribution in [0.5, 0.6) is 0 Å². The smallest absolute Gasteiger partial charge is 0.315 e. The summed E-state index contributed by atoms with van der Waals surface area (Å²) >= 11 is 0. The van der Waals surface area contributed by atoms with E-state index in [9.17, 15) is 13.6 Å². The van der Waals surface area contributed by atoms with Gasteiger partial charge in [-0.3, -0.25) is 4.79 Å². The number of alkyl halides is 2. The lowest BCUT2D eigenvalue weighted by Gasteiger charge is -2.05. The van der Waals surface area contributed by atoms with Crippen molar-refractivity contribution in [1.29, 1.82) is 0 Å². The lowest BCUT2D eigenvalue weighted by atomic mass is 10.3. The minimum atomic E-state index is -3.03. The molecule has 17 heavy (non-hydrogen) atoms. The number of nitrogens with zero attached hydrogens (tertiary/aromatic N) is 3. The summed E-state index contributed by atoms with van der Waals surface area (Å²) in [5.74, 6) is -1.32. The highest BCUT2D eigenvalue weighted by molar-refractivity contribution is 5.93. The van der Waals surface area contributed by atoms with E-state index < -0.39 is 12.3 Å². The summed E-state index contributed by atoms with van der Waals surface area (Å²) in [5, 5.41) is 9.88. The summed E-state index contributed by atoms with van der Waals surface area (Å²) in [5.41, 5.74) is 0.969. The van der Waals surface area contributed by atoms with E-state index in [0.717, 1.165) is 0 Å². The van der Waals surface area contributed by atoms with E-state index >= 15 is 0 Å². The molecule has 1 amide bonds. The molecule has 0 saturated carbocycles. The first-order valence-electron chi connectivity index (χ1n) is 4.72. The molecule has 1 aromatic heterocycles. The number of hydrogen-bond donors (Lipinski definition) is 1. The van der Waals surface area contributed by atoms with Crippen LogP contribution in [0, 0.1) is 0 Å². The van der Waals surface area contributed by atoms with Gasteiger partial charge in [-0.1, -0.05) is 0 Å². The molecule has 1 N–H and O–H groups in total. The fraction of sp³-hybridized carbons (Fsp3) is 0.100. The molecule has 0 aliphatic rings. The van der Waals surface area contributed by atoms with E-state index in [1.807, 2.05) is 0 Å². The van der Waals surface area contributed by atoms with Gasteiger partial charge in [-0.15, -0.1) is 0 Å². The van der Waals surface area contributed by atoms with Crippen LogP contribution in [-0.2, 0) is 4.79 Å². The first-order valence-corrected chi connectivity index (χ1v) is 4.72. The number of anilines is 1. The Morgan fingerprint density at radius 3 is 2.29 bits per heavy atom. The Bertz CT molecular complexity index is 496. The zero-order valence-electron chi connectivity index (χ0n) is 8.55. The number of hydrogen-bond acceptors (Lipinski definition) is 3. The van der Waals surface area contributed by atoms with Gasteiger partial charge in [0.2, 0.25) is 0 Å². The molecule has 88 valence electrons. The van der Waals surface area contributed by atoms with Gasteiger partial charge in [0.05, 0.1) is 18.1 Å². The van der Waals surface area contributed by atoms with Gasteiger partial charge in [-0.25, -0.2) is 0 Å². The molecule has 0 radical (unpaired) electrons. The Balaban J connectivity index is 2.11. The van der Waals surface area contributed by atoms with Gasteiger partial charge < -0.3 is 5.32 Å². The summed E-state index contributed by atoms with van der Waals surface area (Å²) in [7, 11) is 0. The molecule has 2 aromatic rings. The lowest BCUT2D eigenvalue weighted by molar-refractivity contribution is -0.126. The maximum Gasteiger partial charge on any atom is 0.315 e. The Morgan fingerprint density at radius 2 is 1.76 bits per heavy atom. The Hall–Kier alpha value is -2.31. The molecule has 5 nitrogen and oxygen atoms in total. The number of halogens is 2. The summed E-state index contributed by atoms with van der Waals surface area (Å²) < 4.78 is 24.0. The first kappa shape index (κ1) is 11.2. The third kappa shape index (κ3) is 2.63. The molecule has 0 aliphatic heterocycles. The normalized spacial score (nSPS) is 10.5. The molecule has 0 spiro atoms. The largest absolute Gasteiger partial charge is 0.321 e. The molecule has 0 aliphatic carbocycles. The predicted octanol–water partition coefficient (Wildman–Crippen LogP) is 1.47. The van der Waals surface area contributed by atoms with E-state index in [0.29, 0.717) is 11.4 Å². The Morgan fingerprint density at radius 1 is 1.18 bits per heavy atom. The van der Waals surface area contributed by atoms with Crippen molar-refractivity contribution in [2.24, 2.45) is 0 Å². The van der Waals surface area contributed by atoms with Crippen LogP contribution in [0.25, 0.3) is 5.69 Å². The molecular formula is C10H8F2N4O. The zero-order valence-corrected chi connectivity index (χ0v) is 8.55. The highest BCUT2D eigenvalue weighted by Gasteiger charge is 2.14. The molecule has 1 heterocycles. The van der Waals surface area contributed by atoms with Crippen LogP contribution in [0.3, 0.4) is 0 Å². The van der Waals surface area contributed by atoms with Crippen LogP contribution in [-0.4, -0.2) is 27.3 Å². The molecule has 0 fully saturated rings. The van der Waals surface area contributed by atoms with E-state index in [-0.39, 0.29) is 0 Å². The van der Waals surface area contributed by atoms with Crippen molar-refractivity contribution < 1.29 is 13.6 Å². The van der Waals surface area contributed by atoms with Gasteiger partial charge in [-0.05, 0) is 24.3 Å². The molecule has 0 atom stereocenters. The van der Waals surface area contributed by atoms with Crippen LogP contribution in [0.15, 0.2) is 36.7 Å². The number of carbonyl (C=O) groups is 1. The molecule has 0 saturated heterocycles. The van der Waals surface area contributed by atoms with Crippen molar-refractivity contribution in [3.63, 3.8) is 0 Å². The maximum absolute atomic E-state index is 12.0. The monoisotopic (exact) mass is 238 g/mol. The fourth-order valence-corrected chi connectivity index (χ4v) is 1.22. The highest BCUT2D eigenvalue weighted by Crippen LogP contribution is 2.12. The van der Waals surface area contributed by atoms with Gasteiger partial charge in [0, 0.05) is 5.69 Å². The van der Waals surface area contributed by atoms with Crippen LogP contribution >= 0.6 is 0 Å². The Kier molecular flexibility index (Phi) is 3.08. The minimum Gasteiger partial charge on any atom is -0.321 e. The first-order chi connectivity index (χ1) is 8.16. The molecule has 7 heteroatoms. The standard InChI is InChI=1S/C10H8F2N4O/c11-9(12)10(17)15-7-1-3-8(4-2-7)16-13-5-6-14-16/h1-6,9H,(H,15,17). The van der Waals surface area contributed by atoms with Crippen LogP contribution in [0.1, 0.15) is 0 Å². The summed E-state index contributed by atoms with van der Waals surface area (Å²) in [6.45, 7) is 0. The highest BCUT2D eigenvalue weighted by atomic mass is 19.3. The van der Waals surface area contributed by atoms with E-state index in [1.54, 1.807) is 12.1 Å². The van der Waals surface area contributed by atoms with E-state index in [1.165, 1.54) is 29.3 Å². The topological polar surface area (TPSA) is 59.8 Å². The maximum atomic E-state index is 12.0. The zero-order chi connectivity index (χ0) is 12.3. The predicted molar refractivity (Wildman–Crippen MR) is 56.0 cm³/mol. The second-order valence-corrected chi connectivity index (χ2v) is 3.16. The van der Waals surface area contributed by atoms with Gasteiger partial charge in [0.1, 0.15) is 0 Å². The second kappa shape index (κ2) is 4.69. The minimum absolute atomic E-state index is 0.297. The van der Waals surface area contributed by atoms with Crippen molar-refractivity contribution in [2.75, 3.05) is 5.32 Å². The number of carbonyl (C=O) groups excluding carboxylic acids is 1. The van der Waals surface area contributed by atoms with Crippen LogP contribution in [0.4, 0.5) is 14.5 Å². The molecule has 2 rings (SSSR count). The molecule has 1 aromatic carbocycles. The van der Waals surface area contributed by atoms with Gasteiger partial charge in [0.25, 0.3) is 5.91 Å². The number of rotatable bonds is 3. The van der Waals surface area contributed by atoms with E-state index in [4.69, 9.17) is 0 Å². The van der Waals surface area contributed by atoms with Crippen molar-refractivity contribution in [2.45, 2.75) is 6.43 Å². The average molecular weight is 238 g/mol. The van der Waals surface area contributed by atoms with Gasteiger partial charge in [-0.2, -0.15) is 23.8 Å². The third-order valence-corrected chi connectivity index (χ3v) is 1.98. The lowest BCUT2D eigenvalue weighted by Crippen LogP contribution is -2.19. The number of benzene rings is 1. The quantitative estimate of drug-likeness (QED) is 0.880. The average Bonchev–Trinajstić information content (AvgIpc) is 2.83. The van der Waals surface area contributed by atoms with Gasteiger partial charge >= 0.3 is 6.43 Å². The van der Waals surface area contributed by atoms with Crippen LogP contribution in [0.2, 0.25) is 0 Å². The van der Waals surface area contributed by atoms with Crippen molar-refractivity contribution in [3.8, 4) is 5.69 Å². The van der Waals surface area contributed by atoms with E-state index in [2.05, 4.69) is 15.5 Å². The summed E-state index contributed by atoms with van der Waals surface area (Å²) in [6, 6.07) is 6.22. The summed E-state index contributed by atoms with van der Waals surface area (Å²) in [6.07, 6.45) is 0.0151. The number of amides is 1. The fourth-order valence-electron chi connectivity index (χ4n) is 1.22. The van der Waals surface area contributed by atoms with Crippen molar-refractivity contribution in [3.05, 3.63) is 36.7 Å². The van der Waals surface area contributed by atoms with Crippen molar-refractivity contribution in [1.82, 2.24) is 15.0 Å². The molecule has 0 bridgehead atoms. The summed E-state index contributed by atoms with van der Waals surface area (Å²) in [4.78, 5) is 12.1. The number of aromatic nitrogens is 3. The van der Waals surface area contributed by atoms with Crippen LogP contribution < -0.4 is 5.32 Å². The van der Waals surface area contributed by atoms with Gasteiger partial charge in [0.15, 0.2) is 0 Å². The molecular weight excluding hydrogens is 230 g/mol. The van der Waals surface area contributed by atoms with Crippen molar-refractivity contribution >= 4 is 11.6 Å².